The van der Waals surface area contributed by atoms with Crippen molar-refractivity contribution in [2.45, 2.75) is 18.9 Å². The van der Waals surface area contributed by atoms with Crippen molar-refractivity contribution in [3.8, 4) is 0 Å². The Hall–Kier alpha value is -3.34. The molecule has 0 spiro atoms. The van der Waals surface area contributed by atoms with Crippen molar-refractivity contribution in [1.29, 1.82) is 0 Å². The number of nitrogens with one attached hydrogen (secondary N) is 1. The van der Waals surface area contributed by atoms with E-state index in [0.717, 1.165) is 0 Å². The van der Waals surface area contributed by atoms with Gasteiger partial charge in [-0.25, -0.2) is 0 Å². The number of rotatable bonds is 6. The van der Waals surface area contributed by atoms with Gasteiger partial charge >= 0.3 is 5.92 Å². The number of halogens is 2. The summed E-state index contributed by atoms with van der Waals surface area (Å²) >= 11 is 0. The topological polar surface area (TPSA) is 46.2 Å². The highest BCUT2D eigenvalue weighted by Crippen LogP contribution is 2.36. The van der Waals surface area contributed by atoms with Crippen molar-refractivity contribution >= 4 is 11.7 Å². The van der Waals surface area contributed by atoms with Gasteiger partial charge in [0.2, 0.25) is 5.78 Å². The van der Waals surface area contributed by atoms with Gasteiger partial charge in [-0.1, -0.05) is 72.8 Å². The van der Waals surface area contributed by atoms with E-state index in [4.69, 9.17) is 0 Å². The van der Waals surface area contributed by atoms with E-state index in [2.05, 4.69) is 5.32 Å². The average molecular weight is 379 g/mol. The molecule has 0 saturated heterocycles. The van der Waals surface area contributed by atoms with Crippen LogP contribution < -0.4 is 5.32 Å². The van der Waals surface area contributed by atoms with Gasteiger partial charge in [0.1, 0.15) is 6.04 Å². The van der Waals surface area contributed by atoms with Gasteiger partial charge in [0.05, 0.1) is 0 Å². The molecule has 0 unspecified atom stereocenters. The molecule has 3 aromatic rings. The molecule has 1 atom stereocenters. The molecule has 142 valence electrons. The molecule has 1 N–H and O–H groups in total. The van der Waals surface area contributed by atoms with E-state index < -0.39 is 23.7 Å². The molecule has 0 aromatic heterocycles. The summed E-state index contributed by atoms with van der Waals surface area (Å²) in [6.45, 7) is 1.67. The zero-order chi connectivity index (χ0) is 20.1. The van der Waals surface area contributed by atoms with Gasteiger partial charge in [-0.2, -0.15) is 8.78 Å². The van der Waals surface area contributed by atoms with E-state index >= 15 is 8.78 Å². The number of benzene rings is 3. The Labute approximate surface area is 162 Å². The number of Topliss-reactive ketones (excluding diaryl/α,β-unsaturated/α-hetero) is 1. The minimum atomic E-state index is -3.84. The van der Waals surface area contributed by atoms with Crippen LogP contribution in [-0.4, -0.2) is 17.6 Å². The van der Waals surface area contributed by atoms with Crippen molar-refractivity contribution in [2.24, 2.45) is 0 Å². The van der Waals surface area contributed by atoms with E-state index in [1.807, 2.05) is 0 Å². The first kappa shape index (κ1) is 19.4. The Balaban J connectivity index is 2.02. The minimum absolute atomic E-state index is 0.111. The Bertz CT molecular complexity index is 972. The fourth-order valence-electron chi connectivity index (χ4n) is 2.99. The number of ketones is 1. The van der Waals surface area contributed by atoms with E-state index in [0.29, 0.717) is 5.56 Å². The Morgan fingerprint density at radius 3 is 1.86 bits per heavy atom. The first-order valence-corrected chi connectivity index (χ1v) is 8.80. The normalized spacial score (nSPS) is 12.2. The maximum atomic E-state index is 15.3. The summed E-state index contributed by atoms with van der Waals surface area (Å²) in [7, 11) is 0. The standard InChI is InChI=1S/C23H19F2NO2/c1-16-10-8-9-15-19(16)20(26-22(28)18-13-6-3-7-14-18)23(24,25)21(27)17-11-4-2-5-12-17/h2-15,20H,1H3,(H,26,28)/t20-/m0/s1. The molecular formula is C23H19F2NO2. The maximum absolute atomic E-state index is 15.3. The largest absolute Gasteiger partial charge is 0.339 e. The predicted octanol–water partition coefficient (Wildman–Crippen LogP) is 4.98. The molecule has 0 saturated carbocycles. The van der Waals surface area contributed by atoms with Crippen LogP contribution in [0.4, 0.5) is 8.78 Å². The van der Waals surface area contributed by atoms with Crippen molar-refractivity contribution < 1.29 is 18.4 Å². The second-order valence-electron chi connectivity index (χ2n) is 6.45. The lowest BCUT2D eigenvalue weighted by Gasteiger charge is -2.28. The molecule has 0 fully saturated rings. The molecule has 0 radical (unpaired) electrons. The summed E-state index contributed by atoms with van der Waals surface area (Å²) < 4.78 is 30.7. The van der Waals surface area contributed by atoms with Gasteiger partial charge in [0, 0.05) is 11.1 Å². The molecule has 0 aliphatic carbocycles. The number of amides is 1. The van der Waals surface area contributed by atoms with Crippen LogP contribution in [-0.2, 0) is 0 Å². The number of carbonyl (C=O) groups excluding carboxylic acids is 2. The summed E-state index contributed by atoms with van der Waals surface area (Å²) in [5.74, 6) is -5.85. The van der Waals surface area contributed by atoms with Crippen LogP contribution in [0.1, 0.15) is 37.9 Å². The molecule has 3 aromatic carbocycles. The highest BCUT2D eigenvalue weighted by atomic mass is 19.3. The lowest BCUT2D eigenvalue weighted by atomic mass is 9.91. The predicted molar refractivity (Wildman–Crippen MR) is 104 cm³/mol. The number of aryl methyl sites for hydroxylation is 1. The molecule has 1 amide bonds. The van der Waals surface area contributed by atoms with Crippen molar-refractivity contribution in [3.05, 3.63) is 107 Å². The third-order valence-electron chi connectivity index (χ3n) is 4.51. The fourth-order valence-corrected chi connectivity index (χ4v) is 2.99. The lowest BCUT2D eigenvalue weighted by molar-refractivity contribution is -0.0153. The van der Waals surface area contributed by atoms with Crippen LogP contribution in [0, 0.1) is 6.92 Å². The van der Waals surface area contributed by atoms with Gasteiger partial charge in [0.25, 0.3) is 5.91 Å². The SMILES string of the molecule is Cc1ccccc1[C@H](NC(=O)c1ccccc1)C(F)(F)C(=O)c1ccccc1. The van der Waals surface area contributed by atoms with E-state index in [-0.39, 0.29) is 16.7 Å². The van der Waals surface area contributed by atoms with Crippen LogP contribution in [0.5, 0.6) is 0 Å². The number of alkyl halides is 2. The third kappa shape index (κ3) is 3.98. The van der Waals surface area contributed by atoms with Crippen LogP contribution in [0.2, 0.25) is 0 Å². The van der Waals surface area contributed by atoms with Crippen LogP contribution in [0.3, 0.4) is 0 Å². The van der Waals surface area contributed by atoms with E-state index in [9.17, 15) is 9.59 Å². The summed E-state index contributed by atoms with van der Waals surface area (Å²) in [4.78, 5) is 25.2. The molecular weight excluding hydrogens is 360 g/mol. The zero-order valence-electron chi connectivity index (χ0n) is 15.2. The highest BCUT2D eigenvalue weighted by molar-refractivity contribution is 6.03. The first-order valence-electron chi connectivity index (χ1n) is 8.80. The fraction of sp³-hybridized carbons (Fsp3) is 0.130. The highest BCUT2D eigenvalue weighted by Gasteiger charge is 2.49. The second-order valence-corrected chi connectivity index (χ2v) is 6.45. The van der Waals surface area contributed by atoms with E-state index in [1.165, 1.54) is 42.5 Å². The van der Waals surface area contributed by atoms with Gasteiger partial charge in [0.15, 0.2) is 0 Å². The molecule has 3 nitrogen and oxygen atoms in total. The number of hydrogen-bond donors (Lipinski definition) is 1. The molecule has 0 aliphatic rings. The Morgan fingerprint density at radius 1 is 0.786 bits per heavy atom. The minimum Gasteiger partial charge on any atom is -0.339 e. The lowest BCUT2D eigenvalue weighted by Crippen LogP contribution is -2.46. The Morgan fingerprint density at radius 2 is 1.29 bits per heavy atom. The van der Waals surface area contributed by atoms with Gasteiger partial charge in [-0.3, -0.25) is 9.59 Å². The molecule has 0 heterocycles. The molecule has 3 rings (SSSR count). The summed E-state index contributed by atoms with van der Waals surface area (Å²) in [5, 5.41) is 2.37. The number of hydrogen-bond acceptors (Lipinski definition) is 2. The second kappa shape index (κ2) is 8.13. The van der Waals surface area contributed by atoms with Crippen molar-refractivity contribution in [3.63, 3.8) is 0 Å². The monoisotopic (exact) mass is 379 g/mol. The first-order chi connectivity index (χ1) is 13.4. The third-order valence-corrected chi connectivity index (χ3v) is 4.51. The molecule has 0 aliphatic heterocycles. The van der Waals surface area contributed by atoms with Crippen LogP contribution >= 0.6 is 0 Å². The average Bonchev–Trinajstić information content (AvgIpc) is 2.73. The summed E-state index contributed by atoms with van der Waals surface area (Å²) in [6.07, 6.45) is 0. The van der Waals surface area contributed by atoms with Gasteiger partial charge in [-0.05, 0) is 30.2 Å². The maximum Gasteiger partial charge on any atom is 0.333 e. The van der Waals surface area contributed by atoms with Gasteiger partial charge < -0.3 is 5.32 Å². The van der Waals surface area contributed by atoms with Crippen LogP contribution in [0.15, 0.2) is 84.9 Å². The van der Waals surface area contributed by atoms with Crippen molar-refractivity contribution in [1.82, 2.24) is 5.32 Å². The smallest absolute Gasteiger partial charge is 0.333 e. The van der Waals surface area contributed by atoms with Gasteiger partial charge in [-0.15, -0.1) is 0 Å². The quantitative estimate of drug-likeness (QED) is 0.614. The number of carbonyl (C=O) groups is 2. The summed E-state index contributed by atoms with van der Waals surface area (Å²) in [5.41, 5.74) is 0.881. The van der Waals surface area contributed by atoms with E-state index in [1.54, 1.807) is 49.4 Å². The van der Waals surface area contributed by atoms with Crippen LogP contribution in [0.25, 0.3) is 0 Å². The molecule has 5 heteroatoms. The van der Waals surface area contributed by atoms with Crippen molar-refractivity contribution in [2.75, 3.05) is 0 Å². The Kier molecular flexibility index (Phi) is 5.64. The molecule has 0 bridgehead atoms. The molecule has 28 heavy (non-hydrogen) atoms. The summed E-state index contributed by atoms with van der Waals surface area (Å²) in [6, 6.07) is 20.1. The zero-order valence-corrected chi connectivity index (χ0v) is 15.2.